The van der Waals surface area contributed by atoms with Gasteiger partial charge in [-0.3, -0.25) is 9.59 Å². The molecule has 0 fully saturated rings. The third kappa shape index (κ3) is 60.1. The fourth-order valence-electron chi connectivity index (χ4n) is 11.2. The maximum atomic E-state index is 12.5. The lowest BCUT2D eigenvalue weighted by Crippen LogP contribution is -2.45. The van der Waals surface area contributed by atoms with E-state index in [0.29, 0.717) is 25.9 Å². The van der Waals surface area contributed by atoms with Crippen LogP contribution in [0, 0.1) is 0 Å². The van der Waals surface area contributed by atoms with E-state index in [9.17, 15) is 19.8 Å². The molecule has 0 aliphatic heterocycles. The predicted molar refractivity (Wildman–Crippen MR) is 324 cm³/mol. The summed E-state index contributed by atoms with van der Waals surface area (Å²) < 4.78 is 5.48. The maximum absolute atomic E-state index is 12.5. The van der Waals surface area contributed by atoms with Gasteiger partial charge in [-0.05, 0) is 25.7 Å². The quantitative estimate of drug-likeness (QED) is 0.0417. The standard InChI is InChI=1S/C68H135NO5/c1-3-5-7-9-11-13-15-16-17-18-31-34-37-41-44-48-52-56-60-66(71)65(64-70)69-67(72)61-57-53-49-45-42-38-35-32-29-27-25-23-21-19-20-22-24-26-28-30-33-36-39-43-47-51-55-59-63-74-68(73)62-58-54-50-46-40-14-12-10-8-6-4-2/h65-66,70-71H,3-64H2,1-2H3,(H,69,72). The second-order valence-corrected chi connectivity index (χ2v) is 23.9. The monoisotopic (exact) mass is 1050 g/mol. The Hall–Kier alpha value is -1.14. The summed E-state index contributed by atoms with van der Waals surface area (Å²) in [5, 5.41) is 23.4. The fraction of sp³-hybridized carbons (Fsp3) is 0.971. The molecule has 0 aromatic carbocycles. The number of unbranched alkanes of at least 4 members (excludes halogenated alkanes) is 54. The van der Waals surface area contributed by atoms with E-state index in [2.05, 4.69) is 19.2 Å². The molecule has 74 heavy (non-hydrogen) atoms. The molecule has 0 aliphatic carbocycles. The Morgan fingerprint density at radius 3 is 0.824 bits per heavy atom. The number of ether oxygens (including phenoxy) is 1. The highest BCUT2D eigenvalue weighted by Crippen LogP contribution is 2.19. The molecule has 0 heterocycles. The van der Waals surface area contributed by atoms with Crippen molar-refractivity contribution in [1.82, 2.24) is 5.32 Å². The Morgan fingerprint density at radius 1 is 0.324 bits per heavy atom. The van der Waals surface area contributed by atoms with Crippen LogP contribution in [0.25, 0.3) is 0 Å². The van der Waals surface area contributed by atoms with E-state index in [1.54, 1.807) is 0 Å². The molecule has 0 radical (unpaired) electrons. The number of hydrogen-bond donors (Lipinski definition) is 3. The van der Waals surface area contributed by atoms with Gasteiger partial charge in [0.15, 0.2) is 0 Å². The molecule has 2 unspecified atom stereocenters. The van der Waals surface area contributed by atoms with Crippen molar-refractivity contribution >= 4 is 11.9 Å². The molecule has 0 aliphatic rings. The molecular weight excluding hydrogens is 911 g/mol. The van der Waals surface area contributed by atoms with Crippen LogP contribution in [0.15, 0.2) is 0 Å². The van der Waals surface area contributed by atoms with Crippen LogP contribution in [-0.2, 0) is 14.3 Å². The van der Waals surface area contributed by atoms with Crippen LogP contribution in [0.5, 0.6) is 0 Å². The van der Waals surface area contributed by atoms with Gasteiger partial charge >= 0.3 is 5.97 Å². The molecule has 0 aromatic rings. The summed E-state index contributed by atoms with van der Waals surface area (Å²) in [7, 11) is 0. The van der Waals surface area contributed by atoms with Crippen LogP contribution in [0.2, 0.25) is 0 Å². The fourth-order valence-corrected chi connectivity index (χ4v) is 11.2. The minimum Gasteiger partial charge on any atom is -0.466 e. The molecule has 0 aromatic heterocycles. The summed E-state index contributed by atoms with van der Waals surface area (Å²) in [6.07, 6.45) is 77.2. The zero-order valence-corrected chi connectivity index (χ0v) is 50.6. The lowest BCUT2D eigenvalue weighted by molar-refractivity contribution is -0.143. The molecule has 0 rings (SSSR count). The second kappa shape index (κ2) is 64.4. The first-order valence-corrected chi connectivity index (χ1v) is 34.3. The van der Waals surface area contributed by atoms with Crippen molar-refractivity contribution in [2.75, 3.05) is 13.2 Å². The minimum absolute atomic E-state index is 0.0196. The zero-order valence-electron chi connectivity index (χ0n) is 50.6. The average Bonchev–Trinajstić information content (AvgIpc) is 3.40. The van der Waals surface area contributed by atoms with Gasteiger partial charge in [-0.25, -0.2) is 0 Å². The number of rotatable bonds is 65. The second-order valence-electron chi connectivity index (χ2n) is 23.9. The summed E-state index contributed by atoms with van der Waals surface area (Å²) in [5.41, 5.74) is 0. The Bertz CT molecular complexity index is 1070. The molecule has 0 bridgehead atoms. The van der Waals surface area contributed by atoms with E-state index in [1.807, 2.05) is 0 Å². The number of amides is 1. The highest BCUT2D eigenvalue weighted by Gasteiger charge is 2.20. The number of hydrogen-bond acceptors (Lipinski definition) is 5. The van der Waals surface area contributed by atoms with Gasteiger partial charge < -0.3 is 20.3 Å². The summed E-state index contributed by atoms with van der Waals surface area (Å²) in [5.74, 6) is -0.00762. The number of esters is 1. The Morgan fingerprint density at radius 2 is 0.554 bits per heavy atom. The molecule has 2 atom stereocenters. The summed E-state index contributed by atoms with van der Waals surface area (Å²) in [6.45, 7) is 4.99. The van der Waals surface area contributed by atoms with Gasteiger partial charge in [0.25, 0.3) is 0 Å². The van der Waals surface area contributed by atoms with Gasteiger partial charge in [-0.2, -0.15) is 0 Å². The van der Waals surface area contributed by atoms with E-state index >= 15 is 0 Å². The largest absolute Gasteiger partial charge is 0.466 e. The van der Waals surface area contributed by atoms with Gasteiger partial charge in [0.2, 0.25) is 5.91 Å². The van der Waals surface area contributed by atoms with Gasteiger partial charge in [0, 0.05) is 12.8 Å². The number of carbonyl (C=O) groups excluding carboxylic acids is 2. The Kier molecular flexibility index (Phi) is 63.4. The lowest BCUT2D eigenvalue weighted by atomic mass is 10.0. The van der Waals surface area contributed by atoms with E-state index in [-0.39, 0.29) is 18.5 Å². The summed E-state index contributed by atoms with van der Waals surface area (Å²) in [4.78, 5) is 24.5. The molecule has 3 N–H and O–H groups in total. The van der Waals surface area contributed by atoms with Crippen LogP contribution in [0.3, 0.4) is 0 Å². The van der Waals surface area contributed by atoms with Crippen molar-refractivity contribution in [3.63, 3.8) is 0 Å². The van der Waals surface area contributed by atoms with Gasteiger partial charge in [0.05, 0.1) is 25.4 Å². The third-order valence-corrected chi connectivity index (χ3v) is 16.4. The number of aliphatic hydroxyl groups is 2. The first-order chi connectivity index (χ1) is 36.5. The molecule has 0 saturated carbocycles. The van der Waals surface area contributed by atoms with Crippen molar-refractivity contribution in [3.8, 4) is 0 Å². The molecular formula is C68H135NO5. The van der Waals surface area contributed by atoms with E-state index in [4.69, 9.17) is 4.74 Å². The highest BCUT2D eigenvalue weighted by atomic mass is 16.5. The maximum Gasteiger partial charge on any atom is 0.305 e. The van der Waals surface area contributed by atoms with E-state index in [1.165, 1.54) is 327 Å². The molecule has 0 spiro atoms. The molecule has 442 valence electrons. The normalized spacial score (nSPS) is 12.4. The van der Waals surface area contributed by atoms with E-state index < -0.39 is 12.1 Å². The van der Waals surface area contributed by atoms with Crippen molar-refractivity contribution in [2.45, 2.75) is 411 Å². The summed E-state index contributed by atoms with van der Waals surface area (Å²) in [6, 6.07) is -0.538. The van der Waals surface area contributed by atoms with Gasteiger partial charge in [-0.1, -0.05) is 361 Å². The number of nitrogens with one attached hydrogen (secondary N) is 1. The van der Waals surface area contributed by atoms with Crippen LogP contribution in [-0.4, -0.2) is 47.4 Å². The molecule has 1 amide bonds. The predicted octanol–water partition coefficient (Wildman–Crippen LogP) is 21.8. The average molecular weight is 1050 g/mol. The van der Waals surface area contributed by atoms with Crippen LogP contribution in [0.1, 0.15) is 399 Å². The molecule has 6 heteroatoms. The number of aliphatic hydroxyl groups excluding tert-OH is 2. The Labute approximate surface area is 464 Å². The summed E-state index contributed by atoms with van der Waals surface area (Å²) >= 11 is 0. The van der Waals surface area contributed by atoms with Crippen molar-refractivity contribution in [1.29, 1.82) is 0 Å². The van der Waals surface area contributed by atoms with E-state index in [0.717, 1.165) is 38.5 Å². The van der Waals surface area contributed by atoms with Gasteiger partial charge in [0.1, 0.15) is 0 Å². The molecule has 0 saturated heterocycles. The zero-order chi connectivity index (χ0) is 53.6. The topological polar surface area (TPSA) is 95.9 Å². The van der Waals surface area contributed by atoms with Crippen LogP contribution in [0.4, 0.5) is 0 Å². The smallest absolute Gasteiger partial charge is 0.305 e. The third-order valence-electron chi connectivity index (χ3n) is 16.4. The Balaban J connectivity index is 3.34. The lowest BCUT2D eigenvalue weighted by Gasteiger charge is -2.22. The first-order valence-electron chi connectivity index (χ1n) is 34.3. The minimum atomic E-state index is -0.661. The van der Waals surface area contributed by atoms with Crippen LogP contribution >= 0.6 is 0 Å². The SMILES string of the molecule is CCCCCCCCCCCCCCCCCCCCC(O)C(CO)NC(=O)CCCCCCCCCCCCCCCCCCCCCCCCCCCCCCOC(=O)CCCCCCCCCCCCC. The van der Waals surface area contributed by atoms with Crippen LogP contribution < -0.4 is 5.32 Å². The van der Waals surface area contributed by atoms with Crippen molar-refractivity contribution < 1.29 is 24.5 Å². The number of carbonyl (C=O) groups is 2. The first kappa shape index (κ1) is 72.9. The highest BCUT2D eigenvalue weighted by molar-refractivity contribution is 5.76. The van der Waals surface area contributed by atoms with Crippen molar-refractivity contribution in [2.24, 2.45) is 0 Å². The van der Waals surface area contributed by atoms with Gasteiger partial charge in [-0.15, -0.1) is 0 Å². The van der Waals surface area contributed by atoms with Crippen molar-refractivity contribution in [3.05, 3.63) is 0 Å². The molecule has 6 nitrogen and oxygen atoms in total.